The second-order valence-electron chi connectivity index (χ2n) is 3.62. The van der Waals surface area contributed by atoms with E-state index in [0.717, 1.165) is 6.42 Å². The van der Waals surface area contributed by atoms with Gasteiger partial charge in [-0.15, -0.1) is 0 Å². The number of aryl methyl sites for hydroxylation is 1. The Labute approximate surface area is 90.0 Å². The maximum atomic E-state index is 13.2. The van der Waals surface area contributed by atoms with E-state index in [1.807, 2.05) is 6.92 Å². The van der Waals surface area contributed by atoms with Crippen molar-refractivity contribution in [2.45, 2.75) is 26.4 Å². The van der Waals surface area contributed by atoms with Gasteiger partial charge in [0, 0.05) is 26.2 Å². The summed E-state index contributed by atoms with van der Waals surface area (Å²) < 4.78 is 23.6. The molecule has 0 spiro atoms. The molecule has 0 saturated heterocycles. The Morgan fingerprint density at radius 3 is 2.73 bits per heavy atom. The van der Waals surface area contributed by atoms with Gasteiger partial charge < -0.3 is 9.47 Å². The van der Waals surface area contributed by atoms with Gasteiger partial charge >= 0.3 is 0 Å². The van der Waals surface area contributed by atoms with Crippen LogP contribution in [0.2, 0.25) is 0 Å². The number of rotatable bonds is 5. The Balaban J connectivity index is 2.53. The first kappa shape index (κ1) is 12.0. The third kappa shape index (κ3) is 3.88. The number of hydrogen-bond acceptors (Lipinski definition) is 2. The van der Waals surface area contributed by atoms with Crippen LogP contribution in [0.3, 0.4) is 0 Å². The summed E-state index contributed by atoms with van der Waals surface area (Å²) in [6.45, 7) is 4.32. The summed E-state index contributed by atoms with van der Waals surface area (Å²) in [5, 5.41) is 0. The van der Waals surface area contributed by atoms with Gasteiger partial charge in [-0.1, -0.05) is 6.07 Å². The van der Waals surface area contributed by atoms with E-state index in [-0.39, 0.29) is 11.9 Å². The summed E-state index contributed by atoms with van der Waals surface area (Å²) in [6.07, 6.45) is 0.832. The van der Waals surface area contributed by atoms with Gasteiger partial charge in [-0.3, -0.25) is 0 Å². The Kier molecular flexibility index (Phi) is 4.56. The first-order chi connectivity index (χ1) is 7.13. The highest BCUT2D eigenvalue weighted by atomic mass is 19.1. The van der Waals surface area contributed by atoms with Crippen LogP contribution in [0, 0.1) is 12.7 Å². The SMILES string of the molecule is COCCC(C)Oc1ccc(C)c(F)c1. The molecular weight excluding hydrogens is 195 g/mol. The Hall–Kier alpha value is -1.09. The van der Waals surface area contributed by atoms with E-state index in [2.05, 4.69) is 0 Å². The Bertz CT molecular complexity index is 312. The Morgan fingerprint density at radius 2 is 2.13 bits per heavy atom. The molecule has 0 aliphatic rings. The largest absolute Gasteiger partial charge is 0.491 e. The molecule has 1 unspecified atom stereocenters. The summed E-state index contributed by atoms with van der Waals surface area (Å²) >= 11 is 0. The highest BCUT2D eigenvalue weighted by Gasteiger charge is 2.05. The van der Waals surface area contributed by atoms with Gasteiger partial charge in [-0.25, -0.2) is 4.39 Å². The molecule has 0 heterocycles. The summed E-state index contributed by atoms with van der Waals surface area (Å²) in [5.74, 6) is 0.341. The lowest BCUT2D eigenvalue weighted by molar-refractivity contribution is 0.135. The van der Waals surface area contributed by atoms with Crippen molar-refractivity contribution in [2.75, 3.05) is 13.7 Å². The maximum absolute atomic E-state index is 13.2. The van der Waals surface area contributed by atoms with Crippen LogP contribution in [0.5, 0.6) is 5.75 Å². The number of methoxy groups -OCH3 is 1. The molecule has 0 fully saturated rings. The maximum Gasteiger partial charge on any atom is 0.129 e. The van der Waals surface area contributed by atoms with Crippen LogP contribution in [-0.2, 0) is 4.74 Å². The van der Waals surface area contributed by atoms with Crippen molar-refractivity contribution in [1.29, 1.82) is 0 Å². The molecule has 0 N–H and O–H groups in total. The highest BCUT2D eigenvalue weighted by molar-refractivity contribution is 5.28. The monoisotopic (exact) mass is 212 g/mol. The van der Waals surface area contributed by atoms with E-state index in [0.29, 0.717) is 17.9 Å². The second-order valence-corrected chi connectivity index (χ2v) is 3.62. The van der Waals surface area contributed by atoms with E-state index in [4.69, 9.17) is 9.47 Å². The molecular formula is C12H17FO2. The van der Waals surface area contributed by atoms with Crippen LogP contribution < -0.4 is 4.74 Å². The fourth-order valence-corrected chi connectivity index (χ4v) is 1.22. The third-order valence-electron chi connectivity index (χ3n) is 2.21. The van der Waals surface area contributed by atoms with E-state index in [1.165, 1.54) is 6.07 Å². The molecule has 0 aliphatic carbocycles. The van der Waals surface area contributed by atoms with Gasteiger partial charge in [-0.2, -0.15) is 0 Å². The van der Waals surface area contributed by atoms with E-state index < -0.39 is 0 Å². The Morgan fingerprint density at radius 1 is 1.40 bits per heavy atom. The molecule has 0 bridgehead atoms. The predicted molar refractivity (Wildman–Crippen MR) is 57.7 cm³/mol. The number of ether oxygens (including phenoxy) is 2. The van der Waals surface area contributed by atoms with Gasteiger partial charge in [0.2, 0.25) is 0 Å². The van der Waals surface area contributed by atoms with E-state index >= 15 is 0 Å². The van der Waals surface area contributed by atoms with Gasteiger partial charge in [0.1, 0.15) is 11.6 Å². The van der Waals surface area contributed by atoms with Crippen molar-refractivity contribution in [2.24, 2.45) is 0 Å². The minimum Gasteiger partial charge on any atom is -0.491 e. The van der Waals surface area contributed by atoms with Crippen LogP contribution in [0.1, 0.15) is 18.9 Å². The number of halogens is 1. The zero-order chi connectivity index (χ0) is 11.3. The van der Waals surface area contributed by atoms with Crippen molar-refractivity contribution >= 4 is 0 Å². The van der Waals surface area contributed by atoms with Crippen molar-refractivity contribution < 1.29 is 13.9 Å². The molecule has 1 aromatic carbocycles. The first-order valence-electron chi connectivity index (χ1n) is 5.05. The fraction of sp³-hybridized carbons (Fsp3) is 0.500. The van der Waals surface area contributed by atoms with Gasteiger partial charge in [0.25, 0.3) is 0 Å². The average Bonchev–Trinajstić information content (AvgIpc) is 2.20. The second kappa shape index (κ2) is 5.71. The summed E-state index contributed by atoms with van der Waals surface area (Å²) in [7, 11) is 1.65. The zero-order valence-electron chi connectivity index (χ0n) is 9.42. The van der Waals surface area contributed by atoms with Gasteiger partial charge in [0.15, 0.2) is 0 Å². The summed E-state index contributed by atoms with van der Waals surface area (Å²) in [6, 6.07) is 4.91. The van der Waals surface area contributed by atoms with Crippen molar-refractivity contribution in [3.05, 3.63) is 29.6 Å². The van der Waals surface area contributed by atoms with Crippen molar-refractivity contribution in [1.82, 2.24) is 0 Å². The number of benzene rings is 1. The van der Waals surface area contributed by atoms with Crippen LogP contribution in [0.15, 0.2) is 18.2 Å². The molecule has 1 rings (SSSR count). The molecule has 1 aromatic rings. The number of hydrogen-bond donors (Lipinski definition) is 0. The average molecular weight is 212 g/mol. The molecule has 3 heteroatoms. The lowest BCUT2D eigenvalue weighted by Crippen LogP contribution is -2.14. The molecule has 15 heavy (non-hydrogen) atoms. The molecule has 0 radical (unpaired) electrons. The van der Waals surface area contributed by atoms with Gasteiger partial charge in [-0.05, 0) is 25.5 Å². The highest BCUT2D eigenvalue weighted by Crippen LogP contribution is 2.17. The predicted octanol–water partition coefficient (Wildman–Crippen LogP) is 2.94. The molecule has 0 amide bonds. The normalized spacial score (nSPS) is 12.5. The van der Waals surface area contributed by atoms with Crippen LogP contribution >= 0.6 is 0 Å². The third-order valence-corrected chi connectivity index (χ3v) is 2.21. The zero-order valence-corrected chi connectivity index (χ0v) is 9.42. The first-order valence-corrected chi connectivity index (χ1v) is 5.05. The minimum atomic E-state index is -0.230. The fourth-order valence-electron chi connectivity index (χ4n) is 1.22. The standard InChI is InChI=1S/C12H17FO2/c1-9-4-5-11(8-12(9)13)15-10(2)6-7-14-3/h4-5,8,10H,6-7H2,1-3H3. The van der Waals surface area contributed by atoms with Crippen molar-refractivity contribution in [3.63, 3.8) is 0 Å². The molecule has 0 saturated carbocycles. The van der Waals surface area contributed by atoms with Crippen LogP contribution in [-0.4, -0.2) is 19.8 Å². The summed E-state index contributed by atoms with van der Waals surface area (Å²) in [5.41, 5.74) is 0.631. The lowest BCUT2D eigenvalue weighted by Gasteiger charge is -2.14. The molecule has 0 aliphatic heterocycles. The molecule has 84 valence electrons. The summed E-state index contributed by atoms with van der Waals surface area (Å²) in [4.78, 5) is 0. The van der Waals surface area contributed by atoms with Crippen LogP contribution in [0.25, 0.3) is 0 Å². The van der Waals surface area contributed by atoms with E-state index in [1.54, 1.807) is 26.2 Å². The smallest absolute Gasteiger partial charge is 0.129 e. The van der Waals surface area contributed by atoms with Crippen LogP contribution in [0.4, 0.5) is 4.39 Å². The quantitative estimate of drug-likeness (QED) is 0.747. The molecule has 2 nitrogen and oxygen atoms in total. The van der Waals surface area contributed by atoms with Gasteiger partial charge in [0.05, 0.1) is 6.10 Å². The molecule has 1 atom stereocenters. The topological polar surface area (TPSA) is 18.5 Å². The minimum absolute atomic E-state index is 0.0343. The molecule has 0 aromatic heterocycles. The lowest BCUT2D eigenvalue weighted by atomic mass is 10.2. The van der Waals surface area contributed by atoms with E-state index in [9.17, 15) is 4.39 Å². The van der Waals surface area contributed by atoms with Crippen molar-refractivity contribution in [3.8, 4) is 5.75 Å².